The number of nitrogens with zero attached hydrogens (tertiary/aromatic N) is 1. The second kappa shape index (κ2) is 4.24. The Labute approximate surface area is 99.8 Å². The lowest BCUT2D eigenvalue weighted by Crippen LogP contribution is -2.60. The van der Waals surface area contributed by atoms with Gasteiger partial charge >= 0.3 is 0 Å². The van der Waals surface area contributed by atoms with Crippen molar-refractivity contribution in [2.45, 2.75) is 39.4 Å². The molecule has 0 spiro atoms. The number of aryl methyl sites for hydroxylation is 1. The van der Waals surface area contributed by atoms with Gasteiger partial charge in [-0.1, -0.05) is 0 Å². The van der Waals surface area contributed by atoms with Crippen molar-refractivity contribution in [2.24, 2.45) is 0 Å². The molecular formula is C12H16N2O3. The van der Waals surface area contributed by atoms with Gasteiger partial charge in [0.2, 0.25) is 11.8 Å². The average Bonchev–Trinajstić information content (AvgIpc) is 2.68. The molecule has 1 fully saturated rings. The fourth-order valence-corrected chi connectivity index (χ4v) is 1.93. The van der Waals surface area contributed by atoms with Gasteiger partial charge in [0.1, 0.15) is 23.6 Å². The molecule has 5 heteroatoms. The van der Waals surface area contributed by atoms with Gasteiger partial charge in [-0.05, 0) is 32.9 Å². The molecule has 92 valence electrons. The first-order valence-corrected chi connectivity index (χ1v) is 5.65. The van der Waals surface area contributed by atoms with Gasteiger partial charge in [0.05, 0.1) is 6.54 Å². The van der Waals surface area contributed by atoms with Gasteiger partial charge in [0.25, 0.3) is 0 Å². The largest absolute Gasteiger partial charge is 0.464 e. The molecule has 0 aliphatic carbocycles. The van der Waals surface area contributed by atoms with E-state index in [0.717, 1.165) is 5.76 Å². The minimum atomic E-state index is -0.463. The van der Waals surface area contributed by atoms with E-state index in [9.17, 15) is 9.59 Å². The Morgan fingerprint density at radius 1 is 1.35 bits per heavy atom. The minimum Gasteiger partial charge on any atom is -0.464 e. The van der Waals surface area contributed by atoms with Crippen LogP contribution < -0.4 is 5.32 Å². The van der Waals surface area contributed by atoms with Crippen molar-refractivity contribution in [3.8, 4) is 0 Å². The van der Waals surface area contributed by atoms with E-state index in [2.05, 4.69) is 5.32 Å². The van der Waals surface area contributed by atoms with Crippen LogP contribution in [0.2, 0.25) is 0 Å². The predicted molar refractivity (Wildman–Crippen MR) is 61.1 cm³/mol. The molecule has 1 aromatic heterocycles. The monoisotopic (exact) mass is 236 g/mol. The smallest absolute Gasteiger partial charge is 0.245 e. The third-order valence-corrected chi connectivity index (χ3v) is 2.98. The maximum Gasteiger partial charge on any atom is 0.245 e. The number of rotatable bonds is 2. The first-order chi connectivity index (χ1) is 7.99. The number of hydrogen-bond acceptors (Lipinski definition) is 3. The third kappa shape index (κ3) is 2.18. The van der Waals surface area contributed by atoms with Gasteiger partial charge in [-0.3, -0.25) is 9.59 Å². The number of hydrogen-bond donors (Lipinski definition) is 1. The molecule has 1 saturated heterocycles. The van der Waals surface area contributed by atoms with Crippen LogP contribution >= 0.6 is 0 Å². The van der Waals surface area contributed by atoms with Crippen molar-refractivity contribution in [3.63, 3.8) is 0 Å². The number of carbonyl (C=O) groups is 2. The van der Waals surface area contributed by atoms with Crippen LogP contribution in [0.15, 0.2) is 16.5 Å². The lowest BCUT2D eigenvalue weighted by molar-refractivity contribution is -0.149. The van der Waals surface area contributed by atoms with Crippen LogP contribution in [0.25, 0.3) is 0 Å². The molecule has 2 unspecified atom stereocenters. The first kappa shape index (κ1) is 11.7. The second-order valence-corrected chi connectivity index (χ2v) is 4.38. The van der Waals surface area contributed by atoms with Gasteiger partial charge < -0.3 is 14.6 Å². The van der Waals surface area contributed by atoms with E-state index >= 15 is 0 Å². The summed E-state index contributed by atoms with van der Waals surface area (Å²) < 4.78 is 5.43. The third-order valence-electron chi connectivity index (χ3n) is 2.98. The summed E-state index contributed by atoms with van der Waals surface area (Å²) in [5.41, 5.74) is 0. The molecule has 1 aliphatic heterocycles. The molecule has 0 aromatic carbocycles. The molecule has 2 rings (SSSR count). The van der Waals surface area contributed by atoms with Crippen molar-refractivity contribution < 1.29 is 14.0 Å². The Balaban J connectivity index is 2.17. The molecule has 2 heterocycles. The zero-order valence-corrected chi connectivity index (χ0v) is 10.2. The highest BCUT2D eigenvalue weighted by molar-refractivity contribution is 5.96. The maximum atomic E-state index is 12.0. The van der Waals surface area contributed by atoms with Crippen LogP contribution in [-0.2, 0) is 16.1 Å². The molecule has 2 atom stereocenters. The lowest BCUT2D eigenvalue weighted by atomic mass is 10.1. The normalized spacial score (nSPS) is 25.0. The molecule has 0 radical (unpaired) electrons. The quantitative estimate of drug-likeness (QED) is 0.827. The van der Waals surface area contributed by atoms with Gasteiger partial charge in [-0.15, -0.1) is 0 Å². The number of amides is 2. The Hall–Kier alpha value is -1.78. The predicted octanol–water partition coefficient (Wildman–Crippen LogP) is 0.823. The van der Waals surface area contributed by atoms with Crippen molar-refractivity contribution in [3.05, 3.63) is 23.7 Å². The van der Waals surface area contributed by atoms with Gasteiger partial charge in [0.15, 0.2) is 0 Å². The fraction of sp³-hybridized carbons (Fsp3) is 0.500. The second-order valence-electron chi connectivity index (χ2n) is 4.38. The van der Waals surface area contributed by atoms with Crippen LogP contribution in [0.3, 0.4) is 0 Å². The standard InChI is InChI=1S/C12H16N2O3/c1-7-4-5-10(17-7)6-14-9(3)11(15)13-8(2)12(14)16/h4-5,8-9H,6H2,1-3H3,(H,13,15). The summed E-state index contributed by atoms with van der Waals surface area (Å²) in [6.45, 7) is 5.59. The molecule has 1 aromatic rings. The first-order valence-electron chi connectivity index (χ1n) is 5.65. The van der Waals surface area contributed by atoms with Gasteiger partial charge in [-0.25, -0.2) is 0 Å². The summed E-state index contributed by atoms with van der Waals surface area (Å²) in [6, 6.07) is 2.75. The van der Waals surface area contributed by atoms with Gasteiger partial charge in [-0.2, -0.15) is 0 Å². The van der Waals surface area contributed by atoms with E-state index in [0.29, 0.717) is 12.3 Å². The summed E-state index contributed by atoms with van der Waals surface area (Å²) >= 11 is 0. The highest BCUT2D eigenvalue weighted by Crippen LogP contribution is 2.16. The van der Waals surface area contributed by atoms with Crippen LogP contribution in [0, 0.1) is 6.92 Å². The van der Waals surface area contributed by atoms with Crippen LogP contribution in [0.1, 0.15) is 25.4 Å². The summed E-state index contributed by atoms with van der Waals surface area (Å²) in [6.07, 6.45) is 0. The number of nitrogens with one attached hydrogen (secondary N) is 1. The topological polar surface area (TPSA) is 62.6 Å². The molecule has 0 bridgehead atoms. The summed E-state index contributed by atoms with van der Waals surface area (Å²) in [7, 11) is 0. The average molecular weight is 236 g/mol. The van der Waals surface area contributed by atoms with Crippen molar-refractivity contribution >= 4 is 11.8 Å². The van der Waals surface area contributed by atoms with E-state index in [1.54, 1.807) is 18.7 Å². The summed E-state index contributed by atoms with van der Waals surface area (Å²) in [5.74, 6) is 1.30. The molecule has 1 N–H and O–H groups in total. The Morgan fingerprint density at radius 2 is 2.06 bits per heavy atom. The molecular weight excluding hydrogens is 220 g/mol. The molecule has 0 saturated carbocycles. The van der Waals surface area contributed by atoms with E-state index < -0.39 is 12.1 Å². The number of carbonyl (C=O) groups excluding carboxylic acids is 2. The van der Waals surface area contributed by atoms with Crippen LogP contribution in [0.4, 0.5) is 0 Å². The van der Waals surface area contributed by atoms with E-state index in [1.807, 2.05) is 19.1 Å². The SMILES string of the molecule is Cc1ccc(CN2C(=O)C(C)NC(=O)C2C)o1. The summed E-state index contributed by atoms with van der Waals surface area (Å²) in [5, 5.41) is 2.64. The summed E-state index contributed by atoms with van der Waals surface area (Å²) in [4.78, 5) is 25.1. The minimum absolute atomic E-state index is 0.0776. The highest BCUT2D eigenvalue weighted by Gasteiger charge is 2.35. The highest BCUT2D eigenvalue weighted by atomic mass is 16.3. The number of furan rings is 1. The molecule has 2 amide bonds. The van der Waals surface area contributed by atoms with Crippen molar-refractivity contribution in [2.75, 3.05) is 0 Å². The van der Waals surface area contributed by atoms with Gasteiger partial charge in [0, 0.05) is 0 Å². The van der Waals surface area contributed by atoms with E-state index in [1.165, 1.54) is 0 Å². The molecule has 17 heavy (non-hydrogen) atoms. The van der Waals surface area contributed by atoms with Crippen LogP contribution in [-0.4, -0.2) is 28.8 Å². The molecule has 5 nitrogen and oxygen atoms in total. The lowest BCUT2D eigenvalue weighted by Gasteiger charge is -2.35. The number of piperazine rings is 1. The Kier molecular flexibility index (Phi) is 2.92. The van der Waals surface area contributed by atoms with Crippen LogP contribution in [0.5, 0.6) is 0 Å². The Bertz CT molecular complexity index is 452. The van der Waals surface area contributed by atoms with E-state index in [4.69, 9.17) is 4.42 Å². The zero-order chi connectivity index (χ0) is 12.6. The van der Waals surface area contributed by atoms with Crippen molar-refractivity contribution in [1.29, 1.82) is 0 Å². The Morgan fingerprint density at radius 3 is 2.65 bits per heavy atom. The maximum absolute atomic E-state index is 12.0. The fourth-order valence-electron chi connectivity index (χ4n) is 1.93. The molecule has 1 aliphatic rings. The van der Waals surface area contributed by atoms with E-state index in [-0.39, 0.29) is 11.8 Å². The van der Waals surface area contributed by atoms with Crippen molar-refractivity contribution in [1.82, 2.24) is 10.2 Å². The zero-order valence-electron chi connectivity index (χ0n) is 10.2.